The van der Waals surface area contributed by atoms with Crippen molar-refractivity contribution in [3.05, 3.63) is 23.5 Å². The summed E-state index contributed by atoms with van der Waals surface area (Å²) in [5.74, 6) is 0.163. The Labute approximate surface area is 142 Å². The molecule has 0 aliphatic heterocycles. The molecule has 0 aromatic heterocycles. The molecular weight excluding hydrogens is 323 g/mol. The average Bonchev–Trinajstić information content (AvgIpc) is 2.93. The van der Waals surface area contributed by atoms with Crippen LogP contribution in [-0.4, -0.2) is 26.2 Å². The van der Waals surface area contributed by atoms with Crippen LogP contribution in [0.1, 0.15) is 37.8 Å². The Kier molecular flexibility index (Phi) is 7.09. The van der Waals surface area contributed by atoms with E-state index in [1.165, 1.54) is 20.3 Å². The molecule has 0 bridgehead atoms. The fourth-order valence-electron chi connectivity index (χ4n) is 2.87. The van der Waals surface area contributed by atoms with Gasteiger partial charge in [0.2, 0.25) is 5.91 Å². The lowest BCUT2D eigenvalue weighted by atomic mass is 10.0. The number of nitrogens with two attached hydrogens (primary N) is 1. The first-order valence-electron chi connectivity index (χ1n) is 7.43. The van der Waals surface area contributed by atoms with Crippen LogP contribution in [0.5, 0.6) is 11.5 Å². The summed E-state index contributed by atoms with van der Waals surface area (Å²) in [6.45, 7) is 1.75. The van der Waals surface area contributed by atoms with Gasteiger partial charge < -0.3 is 20.5 Å². The SMILES string of the molecule is COc1cc(F)c(C(C)NC(=O)C2CCC(N)C2)cc1OC.Cl. The average molecular weight is 347 g/mol. The Morgan fingerprint density at radius 2 is 1.91 bits per heavy atom. The minimum absolute atomic E-state index is 0. The van der Waals surface area contributed by atoms with Gasteiger partial charge in [0, 0.05) is 23.6 Å². The third-order valence-electron chi connectivity index (χ3n) is 4.17. The maximum atomic E-state index is 14.2. The molecule has 0 heterocycles. The molecule has 2 rings (SSSR count). The molecule has 1 fully saturated rings. The summed E-state index contributed by atoms with van der Waals surface area (Å²) >= 11 is 0. The maximum absolute atomic E-state index is 14.2. The summed E-state index contributed by atoms with van der Waals surface area (Å²) in [6.07, 6.45) is 2.33. The van der Waals surface area contributed by atoms with E-state index in [0.717, 1.165) is 12.8 Å². The lowest BCUT2D eigenvalue weighted by molar-refractivity contribution is -0.125. The second-order valence-corrected chi connectivity index (χ2v) is 5.73. The Balaban J connectivity index is 0.00000264. The van der Waals surface area contributed by atoms with Crippen molar-refractivity contribution in [3.8, 4) is 11.5 Å². The molecule has 23 heavy (non-hydrogen) atoms. The lowest BCUT2D eigenvalue weighted by Crippen LogP contribution is -2.32. The molecule has 0 saturated heterocycles. The number of amides is 1. The normalized spacial score (nSPS) is 21.3. The van der Waals surface area contributed by atoms with Crippen molar-refractivity contribution in [1.82, 2.24) is 5.32 Å². The smallest absolute Gasteiger partial charge is 0.223 e. The first kappa shape index (κ1) is 19.5. The summed E-state index contributed by atoms with van der Waals surface area (Å²) in [6, 6.07) is 2.45. The predicted octanol–water partition coefficient (Wildman–Crippen LogP) is 2.57. The molecule has 5 nitrogen and oxygen atoms in total. The molecule has 1 saturated carbocycles. The van der Waals surface area contributed by atoms with Gasteiger partial charge in [-0.25, -0.2) is 4.39 Å². The Hall–Kier alpha value is -1.53. The van der Waals surface area contributed by atoms with E-state index < -0.39 is 11.9 Å². The Morgan fingerprint density at radius 3 is 2.43 bits per heavy atom. The third kappa shape index (κ3) is 4.48. The minimum atomic E-state index is -0.455. The molecule has 1 aliphatic rings. The summed E-state index contributed by atoms with van der Waals surface area (Å²) in [7, 11) is 2.94. The van der Waals surface area contributed by atoms with Gasteiger partial charge in [-0.15, -0.1) is 12.4 Å². The molecule has 0 spiro atoms. The number of carbonyl (C=O) groups is 1. The molecule has 130 valence electrons. The van der Waals surface area contributed by atoms with E-state index in [2.05, 4.69) is 5.32 Å². The minimum Gasteiger partial charge on any atom is -0.493 e. The van der Waals surface area contributed by atoms with Gasteiger partial charge in [-0.05, 0) is 32.3 Å². The third-order valence-corrected chi connectivity index (χ3v) is 4.17. The molecular formula is C16H24ClFN2O3. The number of ether oxygens (including phenoxy) is 2. The highest BCUT2D eigenvalue weighted by molar-refractivity contribution is 5.85. The first-order valence-corrected chi connectivity index (χ1v) is 7.43. The summed E-state index contributed by atoms with van der Waals surface area (Å²) < 4.78 is 24.4. The Morgan fingerprint density at radius 1 is 1.30 bits per heavy atom. The zero-order valence-electron chi connectivity index (χ0n) is 13.6. The standard InChI is InChI=1S/C16H23FN2O3.ClH/c1-9(19-16(20)10-4-5-11(18)6-10)12-7-14(21-2)15(22-3)8-13(12)17;/h7-11H,4-6,18H2,1-3H3,(H,19,20);1H. The van der Waals surface area contributed by atoms with Crippen LogP contribution in [0.4, 0.5) is 4.39 Å². The summed E-state index contributed by atoms with van der Waals surface area (Å²) in [4.78, 5) is 12.2. The van der Waals surface area contributed by atoms with Crippen LogP contribution in [0.3, 0.4) is 0 Å². The maximum Gasteiger partial charge on any atom is 0.223 e. The van der Waals surface area contributed by atoms with Gasteiger partial charge >= 0.3 is 0 Å². The fourth-order valence-corrected chi connectivity index (χ4v) is 2.87. The Bertz CT molecular complexity index is 556. The number of carbonyl (C=O) groups excluding carboxylic acids is 1. The molecule has 1 aromatic carbocycles. The van der Waals surface area contributed by atoms with Crippen LogP contribution in [0.15, 0.2) is 12.1 Å². The van der Waals surface area contributed by atoms with Crippen molar-refractivity contribution in [2.24, 2.45) is 11.7 Å². The molecule has 3 N–H and O–H groups in total. The topological polar surface area (TPSA) is 73.6 Å². The van der Waals surface area contributed by atoms with E-state index >= 15 is 0 Å². The van der Waals surface area contributed by atoms with E-state index in [1.54, 1.807) is 13.0 Å². The molecule has 1 amide bonds. The zero-order valence-corrected chi connectivity index (χ0v) is 14.4. The van der Waals surface area contributed by atoms with Crippen LogP contribution in [-0.2, 0) is 4.79 Å². The van der Waals surface area contributed by atoms with Crippen LogP contribution in [0.25, 0.3) is 0 Å². The number of methoxy groups -OCH3 is 2. The highest BCUT2D eigenvalue weighted by atomic mass is 35.5. The van der Waals surface area contributed by atoms with Crippen molar-refractivity contribution in [3.63, 3.8) is 0 Å². The van der Waals surface area contributed by atoms with Crippen LogP contribution < -0.4 is 20.5 Å². The molecule has 3 atom stereocenters. The van der Waals surface area contributed by atoms with E-state index in [0.29, 0.717) is 23.5 Å². The van der Waals surface area contributed by atoms with E-state index in [9.17, 15) is 9.18 Å². The summed E-state index contributed by atoms with van der Waals surface area (Å²) in [5, 5.41) is 2.86. The largest absolute Gasteiger partial charge is 0.493 e. The van der Waals surface area contributed by atoms with Crippen molar-refractivity contribution in [2.75, 3.05) is 14.2 Å². The van der Waals surface area contributed by atoms with Gasteiger partial charge in [0.05, 0.1) is 20.3 Å². The van der Waals surface area contributed by atoms with Gasteiger partial charge in [0.25, 0.3) is 0 Å². The lowest BCUT2D eigenvalue weighted by Gasteiger charge is -2.19. The van der Waals surface area contributed by atoms with Crippen molar-refractivity contribution in [2.45, 2.75) is 38.3 Å². The molecule has 3 unspecified atom stereocenters. The number of hydrogen-bond acceptors (Lipinski definition) is 4. The first-order chi connectivity index (χ1) is 10.5. The molecule has 7 heteroatoms. The second kappa shape index (κ2) is 8.36. The van der Waals surface area contributed by atoms with E-state index in [-0.39, 0.29) is 30.3 Å². The monoisotopic (exact) mass is 346 g/mol. The van der Waals surface area contributed by atoms with Gasteiger partial charge in [0.15, 0.2) is 11.5 Å². The number of rotatable bonds is 5. The van der Waals surface area contributed by atoms with Crippen molar-refractivity contribution in [1.29, 1.82) is 0 Å². The number of hydrogen-bond donors (Lipinski definition) is 2. The van der Waals surface area contributed by atoms with Gasteiger partial charge in [-0.2, -0.15) is 0 Å². The van der Waals surface area contributed by atoms with Crippen LogP contribution >= 0.6 is 12.4 Å². The predicted molar refractivity (Wildman–Crippen MR) is 88.6 cm³/mol. The van der Waals surface area contributed by atoms with Gasteiger partial charge in [-0.3, -0.25) is 4.79 Å². The zero-order chi connectivity index (χ0) is 16.3. The van der Waals surface area contributed by atoms with E-state index in [4.69, 9.17) is 15.2 Å². The molecule has 1 aliphatic carbocycles. The summed E-state index contributed by atoms with van der Waals surface area (Å²) in [5.41, 5.74) is 6.20. The van der Waals surface area contributed by atoms with Crippen molar-refractivity contribution >= 4 is 18.3 Å². The van der Waals surface area contributed by atoms with Crippen LogP contribution in [0, 0.1) is 11.7 Å². The molecule has 0 radical (unpaired) electrons. The quantitative estimate of drug-likeness (QED) is 0.859. The van der Waals surface area contributed by atoms with Crippen molar-refractivity contribution < 1.29 is 18.7 Å². The van der Waals surface area contributed by atoms with Gasteiger partial charge in [0.1, 0.15) is 5.82 Å². The number of halogens is 2. The molecule has 1 aromatic rings. The van der Waals surface area contributed by atoms with Gasteiger partial charge in [-0.1, -0.05) is 0 Å². The van der Waals surface area contributed by atoms with E-state index in [1.807, 2.05) is 0 Å². The highest BCUT2D eigenvalue weighted by Gasteiger charge is 2.29. The second-order valence-electron chi connectivity index (χ2n) is 5.73. The number of benzene rings is 1. The fraction of sp³-hybridized carbons (Fsp3) is 0.562. The highest BCUT2D eigenvalue weighted by Crippen LogP contribution is 2.33. The van der Waals surface area contributed by atoms with Crippen LogP contribution in [0.2, 0.25) is 0 Å². The number of nitrogens with one attached hydrogen (secondary N) is 1.